The Morgan fingerprint density at radius 3 is 2.59 bits per heavy atom. The van der Waals surface area contributed by atoms with E-state index in [0.29, 0.717) is 30.7 Å². The third kappa shape index (κ3) is 7.88. The Balaban J connectivity index is 1.96. The van der Waals surface area contributed by atoms with Gasteiger partial charge in [0.15, 0.2) is 5.69 Å². The van der Waals surface area contributed by atoms with Crippen LogP contribution in [0.5, 0.6) is 5.75 Å². The number of hydrogen-bond acceptors (Lipinski definition) is 5. The molecule has 1 aromatic carbocycles. The highest BCUT2D eigenvalue weighted by atomic mass is 35.5. The van der Waals surface area contributed by atoms with Crippen molar-refractivity contribution in [2.75, 3.05) is 20.3 Å². The summed E-state index contributed by atoms with van der Waals surface area (Å²) in [6.07, 6.45) is 3.64. The van der Waals surface area contributed by atoms with Crippen molar-refractivity contribution in [1.82, 2.24) is 15.1 Å². The number of hydrogen-bond donors (Lipinski definition) is 2. The number of carbonyl (C=O) groups is 1. The van der Waals surface area contributed by atoms with Crippen LogP contribution in [-0.2, 0) is 17.7 Å². The number of methoxy groups -OCH3 is 1. The summed E-state index contributed by atoms with van der Waals surface area (Å²) in [7, 11) is 1.52. The van der Waals surface area contributed by atoms with Crippen LogP contribution >= 0.6 is 11.6 Å². The fraction of sp³-hybridized carbons (Fsp3) is 0.630. The summed E-state index contributed by atoms with van der Waals surface area (Å²) in [6, 6.07) is 5.08. The van der Waals surface area contributed by atoms with Crippen LogP contribution < -0.4 is 10.1 Å². The standard InChI is InChI=1S/C27H38ClF2N3O4/c1-17-8-10-27(35,11-9-17)16-31-24(34)22-21(28)23(33(32-22)12-13-36-5)19-7-6-18(15-26(2,3)4)14-20(19)37-25(29)30/h6-7,14,17,25,35H,8-13,15-16H2,1-5H3,(H,31,34). The molecule has 37 heavy (non-hydrogen) atoms. The molecule has 0 spiro atoms. The van der Waals surface area contributed by atoms with Gasteiger partial charge >= 0.3 is 6.61 Å². The molecule has 1 aliphatic carbocycles. The summed E-state index contributed by atoms with van der Waals surface area (Å²) in [5.41, 5.74) is 0.323. The zero-order valence-corrected chi connectivity index (χ0v) is 23.0. The second-order valence-corrected chi connectivity index (χ2v) is 11.6. The maximum atomic E-state index is 13.4. The Morgan fingerprint density at radius 1 is 1.32 bits per heavy atom. The molecule has 7 nitrogen and oxygen atoms in total. The SMILES string of the molecule is COCCn1nc(C(=O)NCC2(O)CCC(C)CC2)c(Cl)c1-c1ccc(CC(C)(C)C)cc1OC(F)F. The van der Waals surface area contributed by atoms with Gasteiger partial charge in [0.05, 0.1) is 29.5 Å². The van der Waals surface area contributed by atoms with Gasteiger partial charge in [0.25, 0.3) is 5.91 Å². The smallest absolute Gasteiger partial charge is 0.387 e. The van der Waals surface area contributed by atoms with Crippen LogP contribution in [0.15, 0.2) is 18.2 Å². The van der Waals surface area contributed by atoms with Gasteiger partial charge in [0.2, 0.25) is 0 Å². The van der Waals surface area contributed by atoms with Crippen molar-refractivity contribution >= 4 is 17.5 Å². The van der Waals surface area contributed by atoms with Gasteiger partial charge in [0, 0.05) is 19.2 Å². The van der Waals surface area contributed by atoms with Crippen LogP contribution in [0, 0.1) is 11.3 Å². The number of rotatable bonds is 10. The summed E-state index contributed by atoms with van der Waals surface area (Å²) in [5.74, 6) is -0.0474. The third-order valence-corrected chi connectivity index (χ3v) is 7.01. The number of alkyl halides is 2. The van der Waals surface area contributed by atoms with Crippen molar-refractivity contribution in [3.63, 3.8) is 0 Å². The lowest BCUT2D eigenvalue weighted by Gasteiger charge is -2.34. The van der Waals surface area contributed by atoms with Gasteiger partial charge in [-0.3, -0.25) is 9.48 Å². The normalized spacial score (nSPS) is 20.3. The molecule has 1 aromatic heterocycles. The minimum absolute atomic E-state index is 0.0144. The van der Waals surface area contributed by atoms with E-state index in [-0.39, 0.29) is 47.3 Å². The van der Waals surface area contributed by atoms with E-state index < -0.39 is 18.1 Å². The highest BCUT2D eigenvalue weighted by molar-refractivity contribution is 6.36. The second kappa shape index (κ2) is 12.1. The van der Waals surface area contributed by atoms with Gasteiger partial charge in [-0.2, -0.15) is 13.9 Å². The number of aromatic nitrogens is 2. The Labute approximate surface area is 222 Å². The van der Waals surface area contributed by atoms with E-state index >= 15 is 0 Å². The van der Waals surface area contributed by atoms with Gasteiger partial charge in [-0.05, 0) is 61.1 Å². The third-order valence-electron chi connectivity index (χ3n) is 6.65. The summed E-state index contributed by atoms with van der Waals surface area (Å²) in [5, 5.41) is 18.0. The van der Waals surface area contributed by atoms with Gasteiger partial charge < -0.3 is 19.9 Å². The lowest BCUT2D eigenvalue weighted by Crippen LogP contribution is -2.45. The molecular weight excluding hydrogens is 504 g/mol. The molecular formula is C27H38ClF2N3O4. The first-order valence-corrected chi connectivity index (χ1v) is 13.0. The number of aliphatic hydroxyl groups is 1. The number of nitrogens with one attached hydrogen (secondary N) is 1. The Morgan fingerprint density at radius 2 is 2.00 bits per heavy atom. The molecule has 0 atom stereocenters. The number of halogens is 3. The number of carbonyl (C=O) groups excluding carboxylic acids is 1. The molecule has 10 heteroatoms. The van der Waals surface area contributed by atoms with Crippen LogP contribution in [0.1, 0.15) is 69.4 Å². The lowest BCUT2D eigenvalue weighted by molar-refractivity contribution is -0.0495. The predicted octanol–water partition coefficient (Wildman–Crippen LogP) is 5.71. The molecule has 0 saturated heterocycles. The molecule has 1 amide bonds. The Hall–Kier alpha value is -2.23. The quantitative estimate of drug-likeness (QED) is 0.402. The average molecular weight is 542 g/mol. The van der Waals surface area contributed by atoms with Crippen LogP contribution in [0.2, 0.25) is 5.02 Å². The van der Waals surface area contributed by atoms with E-state index in [1.54, 1.807) is 12.1 Å². The van der Waals surface area contributed by atoms with E-state index in [9.17, 15) is 18.7 Å². The highest BCUT2D eigenvalue weighted by Crippen LogP contribution is 2.39. The molecule has 0 radical (unpaired) electrons. The Bertz CT molecular complexity index is 1080. The number of benzene rings is 1. The van der Waals surface area contributed by atoms with Gasteiger partial charge in [-0.15, -0.1) is 0 Å². The van der Waals surface area contributed by atoms with Gasteiger partial charge in [-0.25, -0.2) is 0 Å². The first-order chi connectivity index (χ1) is 17.3. The maximum Gasteiger partial charge on any atom is 0.387 e. The van der Waals surface area contributed by atoms with Crippen molar-refractivity contribution in [3.05, 3.63) is 34.5 Å². The second-order valence-electron chi connectivity index (χ2n) is 11.3. The molecule has 0 aliphatic heterocycles. The molecule has 0 bridgehead atoms. The maximum absolute atomic E-state index is 13.4. The summed E-state index contributed by atoms with van der Waals surface area (Å²) < 4.78 is 38.3. The van der Waals surface area contributed by atoms with Crippen LogP contribution in [0.25, 0.3) is 11.3 Å². The van der Waals surface area contributed by atoms with E-state index in [2.05, 4.69) is 38.1 Å². The average Bonchev–Trinajstić information content (AvgIpc) is 3.13. The summed E-state index contributed by atoms with van der Waals surface area (Å²) >= 11 is 6.68. The van der Waals surface area contributed by atoms with Crippen molar-refractivity contribution in [3.8, 4) is 17.0 Å². The first kappa shape index (κ1) is 29.3. The van der Waals surface area contributed by atoms with Crippen molar-refractivity contribution in [2.24, 2.45) is 11.3 Å². The van der Waals surface area contributed by atoms with E-state index in [0.717, 1.165) is 18.4 Å². The van der Waals surface area contributed by atoms with E-state index in [4.69, 9.17) is 21.1 Å². The topological polar surface area (TPSA) is 85.6 Å². The van der Waals surface area contributed by atoms with Crippen molar-refractivity contribution in [2.45, 2.75) is 78.6 Å². The largest absolute Gasteiger partial charge is 0.434 e. The molecule has 1 aliphatic rings. The van der Waals surface area contributed by atoms with Gasteiger partial charge in [-0.1, -0.05) is 45.4 Å². The Kier molecular flexibility index (Phi) is 9.58. The number of nitrogens with zero attached hydrogens (tertiary/aromatic N) is 2. The van der Waals surface area contributed by atoms with Crippen molar-refractivity contribution in [1.29, 1.82) is 0 Å². The first-order valence-electron chi connectivity index (χ1n) is 12.7. The molecule has 2 N–H and O–H groups in total. The minimum atomic E-state index is -3.04. The zero-order chi connectivity index (χ0) is 27.4. The highest BCUT2D eigenvalue weighted by Gasteiger charge is 2.33. The lowest BCUT2D eigenvalue weighted by atomic mass is 9.79. The number of ether oxygens (including phenoxy) is 2. The minimum Gasteiger partial charge on any atom is -0.434 e. The van der Waals surface area contributed by atoms with E-state index in [1.807, 2.05) is 6.07 Å². The molecule has 1 saturated carbocycles. The number of amides is 1. The predicted molar refractivity (Wildman–Crippen MR) is 139 cm³/mol. The molecule has 1 fully saturated rings. The molecule has 0 unspecified atom stereocenters. The monoisotopic (exact) mass is 541 g/mol. The van der Waals surface area contributed by atoms with Gasteiger partial charge in [0.1, 0.15) is 5.75 Å². The van der Waals surface area contributed by atoms with E-state index in [1.165, 1.54) is 11.8 Å². The van der Waals surface area contributed by atoms with Crippen molar-refractivity contribution < 1.29 is 28.2 Å². The summed E-state index contributed by atoms with van der Waals surface area (Å²) in [4.78, 5) is 13.1. The molecule has 206 valence electrons. The fourth-order valence-electron chi connectivity index (χ4n) is 4.66. The van der Waals surface area contributed by atoms with Crippen LogP contribution in [0.3, 0.4) is 0 Å². The molecule has 1 heterocycles. The molecule has 2 aromatic rings. The summed E-state index contributed by atoms with van der Waals surface area (Å²) in [6.45, 7) is 5.85. The molecule has 3 rings (SSSR count). The van der Waals surface area contributed by atoms with Crippen LogP contribution in [-0.4, -0.2) is 53.3 Å². The van der Waals surface area contributed by atoms with Crippen LogP contribution in [0.4, 0.5) is 8.78 Å². The zero-order valence-electron chi connectivity index (χ0n) is 22.2. The fourth-order valence-corrected chi connectivity index (χ4v) is 4.99.